The van der Waals surface area contributed by atoms with Gasteiger partial charge in [0.05, 0.1) is 11.1 Å². The first-order chi connectivity index (χ1) is 9.40. The van der Waals surface area contributed by atoms with E-state index in [1.165, 1.54) is 0 Å². The molecule has 0 aliphatic rings. The molecule has 0 aliphatic carbocycles. The molecule has 0 saturated carbocycles. The van der Waals surface area contributed by atoms with Crippen molar-refractivity contribution in [1.82, 2.24) is 24.6 Å². The molecule has 2 rings (SSSR count). The van der Waals surface area contributed by atoms with Gasteiger partial charge < -0.3 is 9.80 Å². The second-order valence-electron chi connectivity index (χ2n) is 5.58. The maximum Gasteiger partial charge on any atom is 0.163 e. The highest BCUT2D eigenvalue weighted by Crippen LogP contribution is 2.25. The van der Waals surface area contributed by atoms with E-state index in [0.717, 1.165) is 47.9 Å². The third-order valence-electron chi connectivity index (χ3n) is 3.41. The number of aryl methyl sites for hydroxylation is 3. The van der Waals surface area contributed by atoms with Crippen molar-refractivity contribution in [2.45, 2.75) is 20.3 Å². The van der Waals surface area contributed by atoms with Crippen LogP contribution in [0.15, 0.2) is 0 Å². The van der Waals surface area contributed by atoms with Crippen LogP contribution in [0.3, 0.4) is 0 Å². The monoisotopic (exact) mass is 276 g/mol. The largest absolute Gasteiger partial charge is 0.359 e. The average molecular weight is 276 g/mol. The van der Waals surface area contributed by atoms with E-state index in [4.69, 9.17) is 0 Å². The molecule has 0 aromatic carbocycles. The quantitative estimate of drug-likeness (QED) is 0.825. The molecule has 0 amide bonds. The predicted octanol–water partition coefficient (Wildman–Crippen LogP) is 1.37. The van der Waals surface area contributed by atoms with Crippen molar-refractivity contribution in [2.75, 3.05) is 39.1 Å². The molecule has 0 fully saturated rings. The van der Waals surface area contributed by atoms with Crippen LogP contribution in [0.5, 0.6) is 0 Å². The first kappa shape index (κ1) is 14.7. The third kappa shape index (κ3) is 2.90. The fourth-order valence-corrected chi connectivity index (χ4v) is 2.43. The Morgan fingerprint density at radius 3 is 2.40 bits per heavy atom. The van der Waals surface area contributed by atoms with Crippen LogP contribution >= 0.6 is 0 Å². The van der Waals surface area contributed by atoms with Crippen LogP contribution in [0, 0.1) is 13.8 Å². The Bertz CT molecular complexity index is 601. The van der Waals surface area contributed by atoms with Crippen molar-refractivity contribution in [2.24, 2.45) is 7.05 Å². The molecule has 20 heavy (non-hydrogen) atoms. The predicted molar refractivity (Wildman–Crippen MR) is 82.2 cm³/mol. The first-order valence-corrected chi connectivity index (χ1v) is 6.94. The Kier molecular flexibility index (Phi) is 4.23. The lowest BCUT2D eigenvalue weighted by Gasteiger charge is -2.20. The van der Waals surface area contributed by atoms with Crippen LogP contribution in [0.4, 0.5) is 5.82 Å². The maximum atomic E-state index is 4.62. The molecule has 0 aliphatic heterocycles. The van der Waals surface area contributed by atoms with Gasteiger partial charge in [-0.25, -0.2) is 9.97 Å². The zero-order chi connectivity index (χ0) is 14.9. The fourth-order valence-electron chi connectivity index (χ4n) is 2.43. The standard InChI is InChI=1S/C14H24N6/c1-10-12-13(19(5)9-7-8-18(3)4)15-11(2)16-14(12)20(6)17-10/h7-9H2,1-6H3. The van der Waals surface area contributed by atoms with Crippen molar-refractivity contribution in [3.8, 4) is 0 Å². The van der Waals surface area contributed by atoms with Gasteiger partial charge in [-0.3, -0.25) is 4.68 Å². The minimum Gasteiger partial charge on any atom is -0.359 e. The molecule has 0 unspecified atom stereocenters. The highest BCUT2D eigenvalue weighted by Gasteiger charge is 2.16. The van der Waals surface area contributed by atoms with Crippen LogP contribution < -0.4 is 4.90 Å². The second kappa shape index (κ2) is 5.75. The van der Waals surface area contributed by atoms with Gasteiger partial charge in [0.15, 0.2) is 5.65 Å². The number of aromatic nitrogens is 4. The van der Waals surface area contributed by atoms with E-state index in [1.54, 1.807) is 0 Å². The van der Waals surface area contributed by atoms with Crippen LogP contribution in [-0.2, 0) is 7.05 Å². The van der Waals surface area contributed by atoms with Crippen molar-refractivity contribution < 1.29 is 0 Å². The summed E-state index contributed by atoms with van der Waals surface area (Å²) in [5.41, 5.74) is 1.89. The summed E-state index contributed by atoms with van der Waals surface area (Å²) in [6.45, 7) is 5.98. The van der Waals surface area contributed by atoms with E-state index in [0.29, 0.717) is 0 Å². The molecule has 0 saturated heterocycles. The van der Waals surface area contributed by atoms with Crippen LogP contribution in [0.1, 0.15) is 17.9 Å². The highest BCUT2D eigenvalue weighted by molar-refractivity contribution is 5.89. The zero-order valence-electron chi connectivity index (χ0n) is 13.3. The number of anilines is 1. The van der Waals surface area contributed by atoms with Crippen molar-refractivity contribution >= 4 is 16.9 Å². The molecule has 0 spiro atoms. The van der Waals surface area contributed by atoms with E-state index in [2.05, 4.69) is 46.0 Å². The lowest BCUT2D eigenvalue weighted by molar-refractivity contribution is 0.401. The lowest BCUT2D eigenvalue weighted by Crippen LogP contribution is -2.24. The Morgan fingerprint density at radius 2 is 1.75 bits per heavy atom. The summed E-state index contributed by atoms with van der Waals surface area (Å²) >= 11 is 0. The molecular weight excluding hydrogens is 252 g/mol. The van der Waals surface area contributed by atoms with Gasteiger partial charge in [-0.05, 0) is 40.9 Å². The summed E-state index contributed by atoms with van der Waals surface area (Å²) in [6.07, 6.45) is 1.10. The first-order valence-electron chi connectivity index (χ1n) is 6.94. The fraction of sp³-hybridized carbons (Fsp3) is 0.643. The molecule has 0 atom stereocenters. The van der Waals surface area contributed by atoms with Gasteiger partial charge in [0.2, 0.25) is 0 Å². The topological polar surface area (TPSA) is 50.1 Å². The van der Waals surface area contributed by atoms with E-state index in [9.17, 15) is 0 Å². The van der Waals surface area contributed by atoms with Gasteiger partial charge in [0, 0.05) is 20.6 Å². The van der Waals surface area contributed by atoms with Gasteiger partial charge in [-0.2, -0.15) is 5.10 Å². The maximum absolute atomic E-state index is 4.62. The normalized spacial score (nSPS) is 11.6. The van der Waals surface area contributed by atoms with Crippen molar-refractivity contribution in [3.63, 3.8) is 0 Å². The number of hydrogen-bond donors (Lipinski definition) is 0. The summed E-state index contributed by atoms with van der Waals surface area (Å²) in [6, 6.07) is 0. The smallest absolute Gasteiger partial charge is 0.163 e. The van der Waals surface area contributed by atoms with Gasteiger partial charge in [0.25, 0.3) is 0 Å². The van der Waals surface area contributed by atoms with E-state index >= 15 is 0 Å². The number of rotatable bonds is 5. The van der Waals surface area contributed by atoms with E-state index in [-0.39, 0.29) is 0 Å². The van der Waals surface area contributed by atoms with Gasteiger partial charge >= 0.3 is 0 Å². The summed E-state index contributed by atoms with van der Waals surface area (Å²) in [5.74, 6) is 1.77. The molecule has 110 valence electrons. The minimum atomic E-state index is 0.787. The molecule has 0 radical (unpaired) electrons. The van der Waals surface area contributed by atoms with Gasteiger partial charge in [-0.1, -0.05) is 0 Å². The minimum absolute atomic E-state index is 0.787. The Balaban J connectivity index is 2.33. The number of nitrogens with zero attached hydrogens (tertiary/aromatic N) is 6. The van der Waals surface area contributed by atoms with E-state index in [1.807, 2.05) is 25.6 Å². The highest BCUT2D eigenvalue weighted by atomic mass is 15.3. The van der Waals surface area contributed by atoms with Crippen molar-refractivity contribution in [1.29, 1.82) is 0 Å². The Labute approximate surface area is 120 Å². The Morgan fingerprint density at radius 1 is 1.05 bits per heavy atom. The molecule has 2 aromatic heterocycles. The molecule has 2 aromatic rings. The van der Waals surface area contributed by atoms with Gasteiger partial charge in [-0.15, -0.1) is 0 Å². The number of hydrogen-bond acceptors (Lipinski definition) is 5. The van der Waals surface area contributed by atoms with E-state index < -0.39 is 0 Å². The average Bonchev–Trinajstić information content (AvgIpc) is 2.63. The molecule has 6 heteroatoms. The molecule has 2 heterocycles. The third-order valence-corrected chi connectivity index (χ3v) is 3.41. The summed E-state index contributed by atoms with van der Waals surface area (Å²) in [7, 11) is 8.21. The van der Waals surface area contributed by atoms with Crippen LogP contribution in [0.2, 0.25) is 0 Å². The molecule has 0 bridgehead atoms. The molecule has 0 N–H and O–H groups in total. The Hall–Kier alpha value is -1.69. The molecular formula is C14H24N6. The summed E-state index contributed by atoms with van der Waals surface area (Å²) in [4.78, 5) is 13.5. The number of fused-ring (bicyclic) bond motifs is 1. The zero-order valence-corrected chi connectivity index (χ0v) is 13.3. The molecule has 6 nitrogen and oxygen atoms in total. The summed E-state index contributed by atoms with van der Waals surface area (Å²) in [5, 5.41) is 5.52. The van der Waals surface area contributed by atoms with Crippen molar-refractivity contribution in [3.05, 3.63) is 11.5 Å². The SMILES string of the molecule is Cc1nc(N(C)CCCN(C)C)c2c(C)nn(C)c2n1. The van der Waals surface area contributed by atoms with Crippen LogP contribution in [-0.4, -0.2) is 58.9 Å². The summed E-state index contributed by atoms with van der Waals surface area (Å²) < 4.78 is 1.83. The van der Waals surface area contributed by atoms with Crippen LogP contribution in [0.25, 0.3) is 11.0 Å². The second-order valence-corrected chi connectivity index (χ2v) is 5.58. The lowest BCUT2D eigenvalue weighted by atomic mass is 10.2. The van der Waals surface area contributed by atoms with Gasteiger partial charge in [0.1, 0.15) is 11.6 Å².